The van der Waals surface area contributed by atoms with Crippen LogP contribution in [-0.2, 0) is 0 Å². The first-order chi connectivity index (χ1) is 10.9. The Labute approximate surface area is 125 Å². The van der Waals surface area contributed by atoms with Crippen LogP contribution in [0.25, 0.3) is 11.4 Å². The fraction of sp³-hybridized carbons (Fsp3) is 0. The van der Waals surface area contributed by atoms with Crippen LogP contribution < -0.4 is 4.68 Å². The number of nitrogens with zero attached hydrogens (tertiary/aromatic N) is 7. The minimum Gasteiger partial charge on any atom is -0.240 e. The summed E-state index contributed by atoms with van der Waals surface area (Å²) in [7, 11) is 0. The van der Waals surface area contributed by atoms with E-state index in [1.165, 1.54) is 9.48 Å². The number of benzene rings is 2. The van der Waals surface area contributed by atoms with Crippen molar-refractivity contribution in [2.45, 2.75) is 0 Å². The molecule has 0 bridgehead atoms. The van der Waals surface area contributed by atoms with Gasteiger partial charge in [-0.1, -0.05) is 46.2 Å². The summed E-state index contributed by atoms with van der Waals surface area (Å²) in [5.74, 6) is 0.244. The first-order valence-corrected chi connectivity index (χ1v) is 6.41. The van der Waals surface area contributed by atoms with E-state index < -0.39 is 0 Å². The number of nitrogens with one attached hydrogen (secondary N) is 1. The van der Waals surface area contributed by atoms with Gasteiger partial charge in [0.1, 0.15) is 17.4 Å². The Kier molecular flexibility index (Phi) is 3.85. The molecule has 1 heterocycles. The van der Waals surface area contributed by atoms with Gasteiger partial charge in [-0.05, 0) is 29.1 Å². The molecule has 0 saturated carbocycles. The molecule has 0 radical (unpaired) electrons. The third kappa shape index (κ3) is 2.82. The highest BCUT2D eigenvalue weighted by Crippen LogP contribution is 2.09. The zero-order valence-corrected chi connectivity index (χ0v) is 11.4. The molecule has 0 aliphatic carbocycles. The van der Waals surface area contributed by atoms with Gasteiger partial charge >= 0.3 is 5.95 Å². The maximum Gasteiger partial charge on any atom is 0.463 e. The molecule has 3 rings (SSSR count). The van der Waals surface area contributed by atoms with Crippen molar-refractivity contribution in [3.63, 3.8) is 0 Å². The van der Waals surface area contributed by atoms with Crippen LogP contribution in [0.15, 0.2) is 76.1 Å². The first kappa shape index (κ1) is 13.5. The summed E-state index contributed by atoms with van der Waals surface area (Å²) in [4.78, 5) is 1.45. The molecule has 0 fully saturated rings. The molecule has 0 saturated heterocycles. The molecule has 0 spiro atoms. The van der Waals surface area contributed by atoms with E-state index in [9.17, 15) is 0 Å². The minimum absolute atomic E-state index is 0.244. The number of tetrazole rings is 1. The molecular weight excluding hydrogens is 280 g/mol. The third-order valence-electron chi connectivity index (χ3n) is 2.76. The van der Waals surface area contributed by atoms with Crippen LogP contribution in [0.5, 0.6) is 0 Å². The van der Waals surface area contributed by atoms with E-state index in [4.69, 9.17) is 5.41 Å². The second-order valence-electron chi connectivity index (χ2n) is 4.16. The van der Waals surface area contributed by atoms with E-state index in [-0.39, 0.29) is 5.95 Å². The van der Waals surface area contributed by atoms with Gasteiger partial charge in [0.25, 0.3) is 0 Å². The van der Waals surface area contributed by atoms with Crippen molar-refractivity contribution >= 4 is 12.0 Å². The van der Waals surface area contributed by atoms with Crippen LogP contribution >= 0.6 is 0 Å². The number of hydrogen-bond donors (Lipinski definition) is 1. The highest BCUT2D eigenvalue weighted by atomic mass is 15.7. The normalized spacial score (nSPS) is 10.5. The van der Waals surface area contributed by atoms with Gasteiger partial charge in [0.05, 0.1) is 5.10 Å². The summed E-state index contributed by atoms with van der Waals surface area (Å²) in [6.07, 6.45) is 0. The second kappa shape index (κ2) is 6.29. The monoisotopic (exact) mass is 291 g/mol. The fourth-order valence-electron chi connectivity index (χ4n) is 1.83. The van der Waals surface area contributed by atoms with Gasteiger partial charge in [0.2, 0.25) is 0 Å². The van der Waals surface area contributed by atoms with Crippen molar-refractivity contribution in [2.24, 2.45) is 15.4 Å². The summed E-state index contributed by atoms with van der Waals surface area (Å²) in [5, 5.41) is 26.0. The Bertz CT molecular complexity index is 832. The minimum atomic E-state index is 0.244. The van der Waals surface area contributed by atoms with E-state index in [0.29, 0.717) is 0 Å². The number of hydrogen-bond acceptors (Lipinski definition) is 5. The largest absolute Gasteiger partial charge is 0.463 e. The van der Waals surface area contributed by atoms with E-state index in [1.54, 1.807) is 6.01 Å². The van der Waals surface area contributed by atoms with Crippen LogP contribution in [0.4, 0.5) is 5.95 Å². The Morgan fingerprint density at radius 2 is 1.68 bits per heavy atom. The van der Waals surface area contributed by atoms with Crippen molar-refractivity contribution < 1.29 is 4.68 Å². The lowest BCUT2D eigenvalue weighted by Gasteiger charge is -1.93. The smallest absolute Gasteiger partial charge is 0.240 e. The van der Waals surface area contributed by atoms with Crippen molar-refractivity contribution in [2.75, 3.05) is 0 Å². The molecule has 1 aromatic heterocycles. The highest BCUT2D eigenvalue weighted by Gasteiger charge is 2.21. The second-order valence-corrected chi connectivity index (χ2v) is 4.16. The topological polar surface area (TPSA) is 95.5 Å². The average Bonchev–Trinajstić information content (AvgIpc) is 3.01. The molecule has 2 aromatic carbocycles. The molecule has 0 unspecified atom stereocenters. The summed E-state index contributed by atoms with van der Waals surface area (Å²) in [6, 6.07) is 20.7. The van der Waals surface area contributed by atoms with Gasteiger partial charge in [-0.15, -0.1) is 0 Å². The summed E-state index contributed by atoms with van der Waals surface area (Å²) < 4.78 is 1.54. The molecule has 3 aromatic rings. The van der Waals surface area contributed by atoms with E-state index in [0.717, 1.165) is 11.4 Å². The van der Waals surface area contributed by atoms with Crippen LogP contribution in [0.3, 0.4) is 0 Å². The van der Waals surface area contributed by atoms with Gasteiger partial charge in [0.15, 0.2) is 0 Å². The predicted molar refractivity (Wildman–Crippen MR) is 77.6 cm³/mol. The number of rotatable bonds is 4. The van der Waals surface area contributed by atoms with Gasteiger partial charge in [-0.2, -0.15) is 0 Å². The molecule has 22 heavy (non-hydrogen) atoms. The molecule has 0 amide bonds. The van der Waals surface area contributed by atoms with Gasteiger partial charge in [0, 0.05) is 15.6 Å². The predicted octanol–water partition coefficient (Wildman–Crippen LogP) is 2.30. The molecule has 0 aliphatic rings. The third-order valence-corrected chi connectivity index (χ3v) is 2.76. The fourth-order valence-corrected chi connectivity index (χ4v) is 1.83. The Morgan fingerprint density at radius 1 is 1.00 bits per heavy atom. The Morgan fingerprint density at radius 3 is 2.36 bits per heavy atom. The van der Waals surface area contributed by atoms with Gasteiger partial charge in [-0.25, -0.2) is 5.41 Å². The van der Waals surface area contributed by atoms with Crippen molar-refractivity contribution in [3.05, 3.63) is 60.7 Å². The molecule has 106 valence electrons. The molecule has 0 aliphatic heterocycles. The van der Waals surface area contributed by atoms with Crippen molar-refractivity contribution in [3.8, 4) is 11.4 Å². The summed E-state index contributed by atoms with van der Waals surface area (Å²) in [5.41, 5.74) is 1.58. The van der Waals surface area contributed by atoms with E-state index in [2.05, 4.69) is 25.8 Å². The van der Waals surface area contributed by atoms with Crippen LogP contribution in [0.1, 0.15) is 0 Å². The van der Waals surface area contributed by atoms with Crippen molar-refractivity contribution in [1.82, 2.24) is 15.1 Å². The SMILES string of the molecule is N=C=N/N=N/c1nn(-c2ccccc2)n[n+]1-c1ccccc1. The molecular formula is C14H11N8+. The lowest BCUT2D eigenvalue weighted by molar-refractivity contribution is -0.649. The van der Waals surface area contributed by atoms with Crippen LogP contribution in [-0.4, -0.2) is 21.1 Å². The molecule has 8 nitrogen and oxygen atoms in total. The number of para-hydroxylation sites is 2. The summed E-state index contributed by atoms with van der Waals surface area (Å²) in [6.45, 7) is 0. The Balaban J connectivity index is 2.10. The molecule has 8 heteroatoms. The zero-order chi connectivity index (χ0) is 15.2. The zero-order valence-electron chi connectivity index (χ0n) is 11.4. The molecule has 1 N–H and O–H groups in total. The maximum absolute atomic E-state index is 6.71. The highest BCUT2D eigenvalue weighted by molar-refractivity contribution is 5.35. The van der Waals surface area contributed by atoms with Gasteiger partial charge in [-0.3, -0.25) is 0 Å². The van der Waals surface area contributed by atoms with E-state index >= 15 is 0 Å². The average molecular weight is 291 g/mol. The standard InChI is InChI=1S/C14H11N8/c15-11-16-19-17-14-18-22(13-9-5-2-6-10-13)20-21(14)12-7-3-1-4-8-12/h1-10,15H/q+1/b19-17+. The number of aromatic nitrogens is 4. The van der Waals surface area contributed by atoms with Crippen molar-refractivity contribution in [1.29, 1.82) is 5.41 Å². The molecule has 0 atom stereocenters. The maximum atomic E-state index is 6.71. The van der Waals surface area contributed by atoms with Gasteiger partial charge < -0.3 is 0 Å². The van der Waals surface area contributed by atoms with Crippen LogP contribution in [0, 0.1) is 5.41 Å². The van der Waals surface area contributed by atoms with Crippen LogP contribution in [0.2, 0.25) is 0 Å². The lowest BCUT2D eigenvalue weighted by Crippen LogP contribution is -2.33. The first-order valence-electron chi connectivity index (χ1n) is 6.41. The Hall–Kier alpha value is -3.51. The van der Waals surface area contributed by atoms with E-state index in [1.807, 2.05) is 60.7 Å². The summed E-state index contributed by atoms with van der Waals surface area (Å²) >= 11 is 0. The lowest BCUT2D eigenvalue weighted by atomic mass is 10.3. The quantitative estimate of drug-likeness (QED) is 0.345.